The number of anilines is 1. The van der Waals surface area contributed by atoms with Crippen molar-refractivity contribution in [3.8, 4) is 11.3 Å². The van der Waals surface area contributed by atoms with Crippen molar-refractivity contribution in [3.63, 3.8) is 0 Å². The molecule has 0 aliphatic heterocycles. The summed E-state index contributed by atoms with van der Waals surface area (Å²) >= 11 is 0. The minimum atomic E-state index is -0.973. The van der Waals surface area contributed by atoms with Gasteiger partial charge in [0.1, 0.15) is 17.2 Å². The molecular weight excluding hydrogens is 380 g/mol. The summed E-state index contributed by atoms with van der Waals surface area (Å²) in [6.45, 7) is 1.96. The van der Waals surface area contributed by atoms with Gasteiger partial charge in [-0.3, -0.25) is 9.78 Å². The Bertz CT molecular complexity index is 1050. The van der Waals surface area contributed by atoms with E-state index in [-0.39, 0.29) is 5.82 Å². The van der Waals surface area contributed by atoms with E-state index in [1.807, 2.05) is 6.92 Å². The number of nitrogens with zero attached hydrogens (tertiary/aromatic N) is 2. The summed E-state index contributed by atoms with van der Waals surface area (Å²) < 4.78 is 32.2. The molecule has 0 aliphatic carbocycles. The molecule has 0 spiro atoms. The molecule has 148 valence electrons. The van der Waals surface area contributed by atoms with Crippen molar-refractivity contribution < 1.29 is 23.1 Å². The van der Waals surface area contributed by atoms with Gasteiger partial charge in [0.15, 0.2) is 5.82 Å². The van der Waals surface area contributed by atoms with Crippen LogP contribution >= 0.6 is 0 Å². The van der Waals surface area contributed by atoms with Gasteiger partial charge >= 0.3 is 5.97 Å². The molecule has 1 heterocycles. The van der Waals surface area contributed by atoms with E-state index in [4.69, 9.17) is 4.74 Å². The molecule has 0 fully saturated rings. The molecule has 3 rings (SSSR count). The zero-order valence-electron chi connectivity index (χ0n) is 15.7. The van der Waals surface area contributed by atoms with Crippen LogP contribution in [0, 0.1) is 11.6 Å². The number of hydrogen-bond donors (Lipinski definition) is 1. The number of carbonyl (C=O) groups is 2. The Balaban J connectivity index is 1.87. The smallest absolute Gasteiger partial charge is 0.337 e. The first-order valence-electron chi connectivity index (χ1n) is 8.73. The zero-order valence-corrected chi connectivity index (χ0v) is 15.7. The Morgan fingerprint density at radius 2 is 1.79 bits per heavy atom. The van der Waals surface area contributed by atoms with Gasteiger partial charge < -0.3 is 10.1 Å². The van der Waals surface area contributed by atoms with Crippen LogP contribution < -0.4 is 5.32 Å². The van der Waals surface area contributed by atoms with Crippen molar-refractivity contribution in [2.75, 3.05) is 12.4 Å². The predicted octanol–water partition coefficient (Wildman–Crippen LogP) is 4.02. The lowest BCUT2D eigenvalue weighted by atomic mass is 9.99. The number of carbonyl (C=O) groups excluding carboxylic acids is 2. The molecule has 0 aliphatic rings. The van der Waals surface area contributed by atoms with Crippen molar-refractivity contribution >= 4 is 17.7 Å². The third-order valence-electron chi connectivity index (χ3n) is 4.27. The monoisotopic (exact) mass is 397 g/mol. The lowest BCUT2D eigenvalue weighted by Gasteiger charge is -2.10. The fourth-order valence-electron chi connectivity index (χ4n) is 2.79. The molecule has 3 aromatic rings. The van der Waals surface area contributed by atoms with Gasteiger partial charge in [-0.1, -0.05) is 19.1 Å². The Hall–Kier alpha value is -3.68. The SMILES string of the molecule is CCc1ccc(C(=O)OC)cc1-c1cnc(NC(=O)c2c(F)cccc2F)cn1. The number of hydrogen-bond acceptors (Lipinski definition) is 5. The minimum absolute atomic E-state index is 0.0311. The Kier molecular flexibility index (Phi) is 5.92. The zero-order chi connectivity index (χ0) is 21.0. The molecule has 2 aromatic carbocycles. The fraction of sp³-hybridized carbons (Fsp3) is 0.143. The van der Waals surface area contributed by atoms with Crippen molar-refractivity contribution in [3.05, 3.63) is 77.1 Å². The molecule has 1 N–H and O–H groups in total. The van der Waals surface area contributed by atoms with E-state index in [0.29, 0.717) is 23.2 Å². The minimum Gasteiger partial charge on any atom is -0.465 e. The first-order chi connectivity index (χ1) is 13.9. The highest BCUT2D eigenvalue weighted by Gasteiger charge is 2.18. The third-order valence-corrected chi connectivity index (χ3v) is 4.27. The molecule has 0 saturated carbocycles. The Labute approximate surface area is 165 Å². The number of esters is 1. The highest BCUT2D eigenvalue weighted by atomic mass is 19.1. The van der Waals surface area contributed by atoms with Gasteiger partial charge in [-0.2, -0.15) is 0 Å². The van der Waals surface area contributed by atoms with Crippen LogP contribution in [-0.2, 0) is 11.2 Å². The highest BCUT2D eigenvalue weighted by Crippen LogP contribution is 2.24. The van der Waals surface area contributed by atoms with Gasteiger partial charge in [-0.15, -0.1) is 0 Å². The first kappa shape index (κ1) is 20.1. The number of halogens is 2. The number of aryl methyl sites for hydroxylation is 1. The molecule has 0 unspecified atom stereocenters. The average Bonchev–Trinajstić information content (AvgIpc) is 2.73. The van der Waals surface area contributed by atoms with Gasteiger partial charge in [0.2, 0.25) is 0 Å². The lowest BCUT2D eigenvalue weighted by Crippen LogP contribution is -2.16. The average molecular weight is 397 g/mol. The number of ether oxygens (including phenoxy) is 1. The molecule has 29 heavy (non-hydrogen) atoms. The van der Waals surface area contributed by atoms with Gasteiger partial charge in [0.05, 0.1) is 30.8 Å². The van der Waals surface area contributed by atoms with E-state index in [9.17, 15) is 18.4 Å². The largest absolute Gasteiger partial charge is 0.465 e. The van der Waals surface area contributed by atoms with E-state index in [2.05, 4.69) is 15.3 Å². The predicted molar refractivity (Wildman–Crippen MR) is 102 cm³/mol. The van der Waals surface area contributed by atoms with Gasteiger partial charge in [-0.25, -0.2) is 18.6 Å². The van der Waals surface area contributed by atoms with Crippen molar-refractivity contribution in [2.45, 2.75) is 13.3 Å². The third kappa shape index (κ3) is 4.26. The summed E-state index contributed by atoms with van der Waals surface area (Å²) in [5.41, 5.74) is 1.78. The van der Waals surface area contributed by atoms with E-state index in [1.165, 1.54) is 25.6 Å². The summed E-state index contributed by atoms with van der Waals surface area (Å²) in [7, 11) is 1.30. The van der Waals surface area contributed by atoms with Crippen LogP contribution in [-0.4, -0.2) is 29.0 Å². The van der Waals surface area contributed by atoms with E-state index in [0.717, 1.165) is 17.7 Å². The van der Waals surface area contributed by atoms with Gasteiger partial charge in [0, 0.05) is 5.56 Å². The second-order valence-electron chi connectivity index (χ2n) is 6.05. The number of aromatic nitrogens is 2. The van der Waals surface area contributed by atoms with Crippen LogP contribution in [0.2, 0.25) is 0 Å². The standard InChI is InChI=1S/C21H17F2N3O3/c1-3-12-7-8-13(21(28)29-2)9-14(12)17-10-25-18(11-24-17)26-20(27)19-15(22)5-4-6-16(19)23/h4-11H,3H2,1-2H3,(H,25,26,27). The maximum Gasteiger partial charge on any atom is 0.337 e. The van der Waals surface area contributed by atoms with E-state index in [1.54, 1.807) is 18.2 Å². The summed E-state index contributed by atoms with van der Waals surface area (Å²) in [5, 5.41) is 2.32. The second-order valence-corrected chi connectivity index (χ2v) is 6.05. The molecule has 0 saturated heterocycles. The van der Waals surface area contributed by atoms with Crippen LogP contribution in [0.5, 0.6) is 0 Å². The van der Waals surface area contributed by atoms with Crippen LogP contribution in [0.15, 0.2) is 48.8 Å². The van der Waals surface area contributed by atoms with Crippen LogP contribution in [0.3, 0.4) is 0 Å². The number of amides is 1. The molecular formula is C21H17F2N3O3. The van der Waals surface area contributed by atoms with Gasteiger partial charge in [-0.05, 0) is 36.2 Å². The molecule has 0 atom stereocenters. The van der Waals surface area contributed by atoms with Gasteiger partial charge in [0.25, 0.3) is 5.91 Å². The Morgan fingerprint density at radius 3 is 2.38 bits per heavy atom. The quantitative estimate of drug-likeness (QED) is 0.658. The van der Waals surface area contributed by atoms with Crippen LogP contribution in [0.1, 0.15) is 33.2 Å². The topological polar surface area (TPSA) is 81.2 Å². The van der Waals surface area contributed by atoms with E-state index >= 15 is 0 Å². The Morgan fingerprint density at radius 1 is 1.07 bits per heavy atom. The fourth-order valence-corrected chi connectivity index (χ4v) is 2.79. The number of methoxy groups -OCH3 is 1. The van der Waals surface area contributed by atoms with Crippen molar-refractivity contribution in [1.82, 2.24) is 9.97 Å². The molecule has 0 bridgehead atoms. The number of nitrogens with one attached hydrogen (secondary N) is 1. The highest BCUT2D eigenvalue weighted by molar-refractivity contribution is 6.04. The molecule has 6 nitrogen and oxygen atoms in total. The van der Waals surface area contributed by atoms with Crippen LogP contribution in [0.4, 0.5) is 14.6 Å². The number of rotatable bonds is 5. The maximum absolute atomic E-state index is 13.7. The summed E-state index contributed by atoms with van der Waals surface area (Å²) in [4.78, 5) is 32.3. The second kappa shape index (κ2) is 8.55. The summed E-state index contributed by atoms with van der Waals surface area (Å²) in [6.07, 6.45) is 3.38. The molecule has 1 aromatic heterocycles. The number of benzene rings is 2. The van der Waals surface area contributed by atoms with Crippen LogP contribution in [0.25, 0.3) is 11.3 Å². The van der Waals surface area contributed by atoms with E-state index < -0.39 is 29.1 Å². The summed E-state index contributed by atoms with van der Waals surface area (Å²) in [5.74, 6) is -3.36. The molecule has 8 heteroatoms. The van der Waals surface area contributed by atoms with Crippen molar-refractivity contribution in [2.24, 2.45) is 0 Å². The normalized spacial score (nSPS) is 10.5. The van der Waals surface area contributed by atoms with Crippen molar-refractivity contribution in [1.29, 1.82) is 0 Å². The molecule has 0 radical (unpaired) electrons. The lowest BCUT2D eigenvalue weighted by molar-refractivity contribution is 0.0600. The summed E-state index contributed by atoms with van der Waals surface area (Å²) in [6, 6.07) is 8.28. The molecule has 1 amide bonds. The maximum atomic E-state index is 13.7. The first-order valence-corrected chi connectivity index (χ1v) is 8.73.